The van der Waals surface area contributed by atoms with E-state index in [-0.39, 0.29) is 6.04 Å². The maximum Gasteiger partial charge on any atom is 0.108 e. The Bertz CT molecular complexity index is 489. The SMILES string of the molecule is CCCNC(c1ccoc1CC)c1cnnn1C. The van der Waals surface area contributed by atoms with Gasteiger partial charge in [-0.1, -0.05) is 19.1 Å². The van der Waals surface area contributed by atoms with Crippen LogP contribution < -0.4 is 5.32 Å². The van der Waals surface area contributed by atoms with Crippen molar-refractivity contribution in [3.05, 3.63) is 35.5 Å². The van der Waals surface area contributed by atoms with Gasteiger partial charge in [-0.2, -0.15) is 0 Å². The van der Waals surface area contributed by atoms with Crippen molar-refractivity contribution in [3.63, 3.8) is 0 Å². The Hall–Kier alpha value is -1.62. The molecule has 1 N–H and O–H groups in total. The third kappa shape index (κ3) is 2.46. The molecule has 0 saturated heterocycles. The predicted molar refractivity (Wildman–Crippen MR) is 69.2 cm³/mol. The van der Waals surface area contributed by atoms with E-state index >= 15 is 0 Å². The summed E-state index contributed by atoms with van der Waals surface area (Å²) in [5.74, 6) is 1.02. The molecule has 18 heavy (non-hydrogen) atoms. The van der Waals surface area contributed by atoms with Crippen molar-refractivity contribution in [2.24, 2.45) is 7.05 Å². The Balaban J connectivity index is 2.34. The van der Waals surface area contributed by atoms with Gasteiger partial charge >= 0.3 is 0 Å². The third-order valence-corrected chi connectivity index (χ3v) is 3.06. The van der Waals surface area contributed by atoms with Crippen molar-refractivity contribution in [2.75, 3.05) is 6.54 Å². The van der Waals surface area contributed by atoms with Crippen LogP contribution in [0.4, 0.5) is 0 Å². The van der Waals surface area contributed by atoms with Gasteiger partial charge in [-0.15, -0.1) is 5.10 Å². The maximum absolute atomic E-state index is 5.52. The number of hydrogen-bond acceptors (Lipinski definition) is 4. The number of aryl methyl sites for hydroxylation is 2. The van der Waals surface area contributed by atoms with Crippen LogP contribution in [0.3, 0.4) is 0 Å². The topological polar surface area (TPSA) is 55.9 Å². The highest BCUT2D eigenvalue weighted by molar-refractivity contribution is 5.28. The molecule has 0 radical (unpaired) electrons. The first-order valence-corrected chi connectivity index (χ1v) is 6.42. The van der Waals surface area contributed by atoms with E-state index in [4.69, 9.17) is 4.42 Å². The molecule has 5 nitrogen and oxygen atoms in total. The molecule has 1 atom stereocenters. The van der Waals surface area contributed by atoms with E-state index < -0.39 is 0 Å². The Morgan fingerprint density at radius 2 is 2.28 bits per heavy atom. The molecule has 0 aliphatic carbocycles. The van der Waals surface area contributed by atoms with E-state index in [2.05, 4.69) is 29.5 Å². The van der Waals surface area contributed by atoms with Gasteiger partial charge in [-0.3, -0.25) is 4.68 Å². The number of hydrogen-bond donors (Lipinski definition) is 1. The fourth-order valence-electron chi connectivity index (χ4n) is 2.12. The molecule has 0 bridgehead atoms. The zero-order valence-electron chi connectivity index (χ0n) is 11.2. The summed E-state index contributed by atoms with van der Waals surface area (Å²) in [4.78, 5) is 0. The normalized spacial score (nSPS) is 12.8. The molecule has 98 valence electrons. The molecule has 1 unspecified atom stereocenters. The first-order valence-electron chi connectivity index (χ1n) is 6.42. The lowest BCUT2D eigenvalue weighted by atomic mass is 10.0. The molecule has 2 aromatic rings. The molecule has 0 aliphatic heterocycles. The summed E-state index contributed by atoms with van der Waals surface area (Å²) in [5, 5.41) is 11.5. The van der Waals surface area contributed by atoms with E-state index in [1.165, 1.54) is 5.56 Å². The van der Waals surface area contributed by atoms with Crippen LogP contribution in [-0.4, -0.2) is 21.5 Å². The summed E-state index contributed by atoms with van der Waals surface area (Å²) in [6.07, 6.45) is 5.53. The Kier molecular flexibility index (Phi) is 4.15. The summed E-state index contributed by atoms with van der Waals surface area (Å²) in [6.45, 7) is 5.20. The highest BCUT2D eigenvalue weighted by Crippen LogP contribution is 2.25. The quantitative estimate of drug-likeness (QED) is 0.850. The van der Waals surface area contributed by atoms with Gasteiger partial charge in [0.2, 0.25) is 0 Å². The van der Waals surface area contributed by atoms with E-state index in [9.17, 15) is 0 Å². The summed E-state index contributed by atoms with van der Waals surface area (Å²) < 4.78 is 7.33. The van der Waals surface area contributed by atoms with Gasteiger partial charge in [-0.25, -0.2) is 0 Å². The molecule has 2 rings (SSSR count). The second kappa shape index (κ2) is 5.82. The van der Waals surface area contributed by atoms with Crippen molar-refractivity contribution in [1.29, 1.82) is 0 Å². The second-order valence-electron chi connectivity index (χ2n) is 4.32. The molecular weight excluding hydrogens is 228 g/mol. The van der Waals surface area contributed by atoms with Crippen LogP contribution in [0.1, 0.15) is 43.3 Å². The Morgan fingerprint density at radius 1 is 1.44 bits per heavy atom. The molecule has 0 fully saturated rings. The van der Waals surface area contributed by atoms with Gasteiger partial charge in [0.15, 0.2) is 0 Å². The maximum atomic E-state index is 5.52. The summed E-state index contributed by atoms with van der Waals surface area (Å²) in [7, 11) is 1.91. The molecule has 2 heterocycles. The molecule has 5 heteroatoms. The Labute approximate surface area is 107 Å². The third-order valence-electron chi connectivity index (χ3n) is 3.06. The highest BCUT2D eigenvalue weighted by atomic mass is 16.3. The lowest BCUT2D eigenvalue weighted by Gasteiger charge is -2.18. The summed E-state index contributed by atoms with van der Waals surface area (Å²) in [6, 6.07) is 2.12. The molecule has 0 spiro atoms. The van der Waals surface area contributed by atoms with E-state index in [1.54, 1.807) is 17.1 Å². The number of furan rings is 1. The molecule has 0 aromatic carbocycles. The minimum Gasteiger partial charge on any atom is -0.469 e. The van der Waals surface area contributed by atoms with Gasteiger partial charge in [0.05, 0.1) is 24.2 Å². The average molecular weight is 248 g/mol. The fraction of sp³-hybridized carbons (Fsp3) is 0.538. The molecule has 2 aromatic heterocycles. The molecular formula is C13H20N4O. The first-order chi connectivity index (χ1) is 8.77. The van der Waals surface area contributed by atoms with E-state index in [0.29, 0.717) is 0 Å². The zero-order chi connectivity index (χ0) is 13.0. The standard InChI is InChI=1S/C13H20N4O/c1-4-7-14-13(11-9-15-16-17(11)3)10-6-8-18-12(10)5-2/h6,8-9,13-14H,4-5,7H2,1-3H3. The smallest absolute Gasteiger partial charge is 0.108 e. The van der Waals surface area contributed by atoms with Gasteiger partial charge in [0, 0.05) is 19.0 Å². The van der Waals surface area contributed by atoms with Crippen LogP contribution in [0.5, 0.6) is 0 Å². The lowest BCUT2D eigenvalue weighted by Crippen LogP contribution is -2.25. The van der Waals surface area contributed by atoms with Crippen LogP contribution >= 0.6 is 0 Å². The highest BCUT2D eigenvalue weighted by Gasteiger charge is 2.21. The van der Waals surface area contributed by atoms with Gasteiger partial charge in [-0.05, 0) is 19.0 Å². The van der Waals surface area contributed by atoms with Crippen LogP contribution in [0.25, 0.3) is 0 Å². The molecule has 0 amide bonds. The predicted octanol–water partition coefficient (Wildman–Crippen LogP) is 2.06. The number of aromatic nitrogens is 3. The number of nitrogens with zero attached hydrogens (tertiary/aromatic N) is 3. The summed E-state index contributed by atoms with van der Waals surface area (Å²) >= 11 is 0. The van der Waals surface area contributed by atoms with Crippen LogP contribution in [0, 0.1) is 0 Å². The summed E-state index contributed by atoms with van der Waals surface area (Å²) in [5.41, 5.74) is 2.23. The van der Waals surface area contributed by atoms with Gasteiger partial charge in [0.1, 0.15) is 5.76 Å². The minimum atomic E-state index is 0.0960. The van der Waals surface area contributed by atoms with E-state index in [0.717, 1.165) is 30.8 Å². The Morgan fingerprint density at radius 3 is 2.89 bits per heavy atom. The number of rotatable bonds is 6. The van der Waals surface area contributed by atoms with Crippen LogP contribution in [-0.2, 0) is 13.5 Å². The lowest BCUT2D eigenvalue weighted by molar-refractivity contribution is 0.492. The van der Waals surface area contributed by atoms with Crippen molar-refractivity contribution in [2.45, 2.75) is 32.7 Å². The molecule has 0 aliphatic rings. The zero-order valence-corrected chi connectivity index (χ0v) is 11.2. The largest absolute Gasteiger partial charge is 0.469 e. The van der Waals surface area contributed by atoms with Gasteiger partial charge in [0.25, 0.3) is 0 Å². The van der Waals surface area contributed by atoms with Crippen LogP contribution in [0.15, 0.2) is 22.9 Å². The van der Waals surface area contributed by atoms with Crippen LogP contribution in [0.2, 0.25) is 0 Å². The molecule has 0 saturated carbocycles. The van der Waals surface area contributed by atoms with E-state index in [1.807, 2.05) is 13.1 Å². The number of nitrogens with one attached hydrogen (secondary N) is 1. The average Bonchev–Trinajstić information content (AvgIpc) is 2.99. The van der Waals surface area contributed by atoms with Crippen molar-refractivity contribution >= 4 is 0 Å². The fourth-order valence-corrected chi connectivity index (χ4v) is 2.12. The monoisotopic (exact) mass is 248 g/mol. The minimum absolute atomic E-state index is 0.0960. The van der Waals surface area contributed by atoms with Crippen molar-refractivity contribution < 1.29 is 4.42 Å². The van der Waals surface area contributed by atoms with Crippen molar-refractivity contribution in [1.82, 2.24) is 20.3 Å². The van der Waals surface area contributed by atoms with Crippen molar-refractivity contribution in [3.8, 4) is 0 Å². The second-order valence-corrected chi connectivity index (χ2v) is 4.32. The first kappa shape index (κ1) is 12.8. The van der Waals surface area contributed by atoms with Gasteiger partial charge < -0.3 is 9.73 Å².